The number of carbonyl (C=O) groups is 1. The second-order valence-electron chi connectivity index (χ2n) is 4.21. The third-order valence-electron chi connectivity index (χ3n) is 2.67. The van der Waals surface area contributed by atoms with Gasteiger partial charge < -0.3 is 20.9 Å². The molecule has 0 aliphatic rings. The maximum absolute atomic E-state index is 11.1. The van der Waals surface area contributed by atoms with E-state index in [0.29, 0.717) is 22.9 Å². The molecule has 0 fully saturated rings. The minimum Gasteiger partial charge on any atom is -0.478 e. The number of benzene rings is 1. The van der Waals surface area contributed by atoms with E-state index in [0.717, 1.165) is 25.9 Å². The second kappa shape index (κ2) is 7.86. The zero-order chi connectivity index (χ0) is 14.3. The van der Waals surface area contributed by atoms with Gasteiger partial charge in [-0.25, -0.2) is 4.79 Å². The Hall–Kier alpha value is -1.46. The molecule has 1 rings (SSSR count). The molecule has 4 N–H and O–H groups in total. The van der Waals surface area contributed by atoms with Crippen LogP contribution in [0.5, 0.6) is 0 Å². The van der Waals surface area contributed by atoms with Crippen LogP contribution in [0.3, 0.4) is 0 Å². The van der Waals surface area contributed by atoms with E-state index in [1.54, 1.807) is 13.2 Å². The number of nitrogens with one attached hydrogen (secondary N) is 1. The monoisotopic (exact) mass is 286 g/mol. The fourth-order valence-corrected chi connectivity index (χ4v) is 2.03. The summed E-state index contributed by atoms with van der Waals surface area (Å²) in [5.41, 5.74) is 6.45. The van der Waals surface area contributed by atoms with Crippen molar-refractivity contribution in [3.8, 4) is 0 Å². The van der Waals surface area contributed by atoms with Gasteiger partial charge in [0.1, 0.15) is 0 Å². The van der Waals surface area contributed by atoms with Crippen LogP contribution < -0.4 is 11.1 Å². The molecule has 0 saturated heterocycles. The van der Waals surface area contributed by atoms with Crippen molar-refractivity contribution in [2.24, 2.45) is 0 Å². The fraction of sp³-hybridized carbons (Fsp3) is 0.462. The zero-order valence-electron chi connectivity index (χ0n) is 10.9. The molecule has 0 spiro atoms. The molecule has 0 unspecified atom stereocenters. The predicted molar refractivity (Wildman–Crippen MR) is 77.0 cm³/mol. The molecule has 0 heterocycles. The first-order valence-corrected chi connectivity index (χ1v) is 6.49. The Bertz CT molecular complexity index is 438. The number of ether oxygens (including phenoxy) is 1. The molecule has 0 aliphatic heterocycles. The molecule has 5 nitrogen and oxygen atoms in total. The number of rotatable bonds is 8. The van der Waals surface area contributed by atoms with Crippen LogP contribution in [0.15, 0.2) is 12.1 Å². The van der Waals surface area contributed by atoms with Crippen molar-refractivity contribution in [1.82, 2.24) is 0 Å². The molecule has 0 saturated carbocycles. The quantitative estimate of drug-likeness (QED) is 0.505. The van der Waals surface area contributed by atoms with E-state index >= 15 is 0 Å². The first-order valence-electron chi connectivity index (χ1n) is 6.11. The Morgan fingerprint density at radius 3 is 2.79 bits per heavy atom. The van der Waals surface area contributed by atoms with E-state index in [-0.39, 0.29) is 5.56 Å². The highest BCUT2D eigenvalue weighted by Crippen LogP contribution is 2.29. The molecule has 1 aromatic rings. The molecular weight excluding hydrogens is 268 g/mol. The topological polar surface area (TPSA) is 84.6 Å². The highest BCUT2D eigenvalue weighted by atomic mass is 35.5. The number of nitrogen functional groups attached to an aromatic ring is 1. The zero-order valence-corrected chi connectivity index (χ0v) is 11.7. The van der Waals surface area contributed by atoms with Crippen LogP contribution in [-0.4, -0.2) is 31.3 Å². The Morgan fingerprint density at radius 1 is 1.42 bits per heavy atom. The summed E-state index contributed by atoms with van der Waals surface area (Å²) in [6.45, 7) is 1.40. The highest BCUT2D eigenvalue weighted by molar-refractivity contribution is 6.34. The van der Waals surface area contributed by atoms with Crippen molar-refractivity contribution in [3.63, 3.8) is 0 Å². The minimum atomic E-state index is -1.05. The van der Waals surface area contributed by atoms with Crippen molar-refractivity contribution in [2.75, 3.05) is 31.3 Å². The van der Waals surface area contributed by atoms with Crippen LogP contribution in [0.25, 0.3) is 0 Å². The van der Waals surface area contributed by atoms with E-state index in [1.807, 2.05) is 0 Å². The smallest absolute Gasteiger partial charge is 0.337 e. The molecular formula is C13H19ClN2O3. The lowest BCUT2D eigenvalue weighted by atomic mass is 10.1. The van der Waals surface area contributed by atoms with Crippen LogP contribution in [0.2, 0.25) is 5.02 Å². The third-order valence-corrected chi connectivity index (χ3v) is 2.97. The number of carboxylic acid groups (broad SMARTS) is 1. The van der Waals surface area contributed by atoms with Crippen LogP contribution in [0, 0.1) is 0 Å². The van der Waals surface area contributed by atoms with Gasteiger partial charge in [0.05, 0.1) is 16.3 Å². The number of unbranched alkanes of at least 4 members (excludes halogenated alkanes) is 2. The number of aromatic carboxylic acids is 1. The van der Waals surface area contributed by atoms with Gasteiger partial charge in [-0.1, -0.05) is 11.6 Å². The lowest BCUT2D eigenvalue weighted by Crippen LogP contribution is -2.09. The molecule has 106 valence electrons. The van der Waals surface area contributed by atoms with E-state index in [9.17, 15) is 4.79 Å². The predicted octanol–water partition coefficient (Wildman–Crippen LogP) is 2.85. The SMILES string of the molecule is COCCCCCNc1c(Cl)cc(N)cc1C(=O)O. The molecule has 0 aliphatic carbocycles. The normalized spacial score (nSPS) is 10.4. The maximum Gasteiger partial charge on any atom is 0.337 e. The lowest BCUT2D eigenvalue weighted by Gasteiger charge is -2.12. The number of carboxylic acids is 1. The summed E-state index contributed by atoms with van der Waals surface area (Å²) >= 11 is 6.02. The first kappa shape index (κ1) is 15.6. The fourth-order valence-electron chi connectivity index (χ4n) is 1.74. The maximum atomic E-state index is 11.1. The third kappa shape index (κ3) is 4.96. The van der Waals surface area contributed by atoms with Crippen LogP contribution in [-0.2, 0) is 4.74 Å². The van der Waals surface area contributed by atoms with Crippen LogP contribution in [0.4, 0.5) is 11.4 Å². The number of methoxy groups -OCH3 is 1. The highest BCUT2D eigenvalue weighted by Gasteiger charge is 2.14. The van der Waals surface area contributed by atoms with E-state index in [4.69, 9.17) is 27.2 Å². The molecule has 0 bridgehead atoms. The number of anilines is 2. The van der Waals surface area contributed by atoms with Crippen LogP contribution >= 0.6 is 11.6 Å². The summed E-state index contributed by atoms with van der Waals surface area (Å²) in [7, 11) is 1.67. The van der Waals surface area contributed by atoms with Crippen molar-refractivity contribution in [1.29, 1.82) is 0 Å². The summed E-state index contributed by atoms with van der Waals surface area (Å²) in [5.74, 6) is -1.05. The average Bonchev–Trinajstić information content (AvgIpc) is 2.34. The van der Waals surface area contributed by atoms with Gasteiger partial charge in [0.25, 0.3) is 0 Å². The molecule has 0 aromatic heterocycles. The largest absolute Gasteiger partial charge is 0.478 e. The van der Waals surface area contributed by atoms with Gasteiger partial charge in [-0.3, -0.25) is 0 Å². The van der Waals surface area contributed by atoms with Gasteiger partial charge >= 0.3 is 5.97 Å². The van der Waals surface area contributed by atoms with E-state index in [1.165, 1.54) is 6.07 Å². The van der Waals surface area contributed by atoms with Gasteiger partial charge in [-0.15, -0.1) is 0 Å². The number of hydrogen-bond donors (Lipinski definition) is 3. The van der Waals surface area contributed by atoms with Gasteiger partial charge in [-0.2, -0.15) is 0 Å². The molecule has 19 heavy (non-hydrogen) atoms. The van der Waals surface area contributed by atoms with E-state index in [2.05, 4.69) is 5.32 Å². The number of hydrogen-bond acceptors (Lipinski definition) is 4. The van der Waals surface area contributed by atoms with Gasteiger partial charge in [-0.05, 0) is 31.4 Å². The molecule has 6 heteroatoms. The van der Waals surface area contributed by atoms with Crippen molar-refractivity contribution in [3.05, 3.63) is 22.7 Å². The summed E-state index contributed by atoms with van der Waals surface area (Å²) in [4.78, 5) is 11.1. The molecule has 0 amide bonds. The molecule has 1 aromatic carbocycles. The molecule has 0 atom stereocenters. The number of nitrogens with two attached hydrogens (primary N) is 1. The first-order chi connectivity index (χ1) is 9.06. The van der Waals surface area contributed by atoms with E-state index < -0.39 is 5.97 Å². The summed E-state index contributed by atoms with van der Waals surface area (Å²) in [6, 6.07) is 2.95. The minimum absolute atomic E-state index is 0.0990. The average molecular weight is 287 g/mol. The Labute approximate surface area is 117 Å². The summed E-state index contributed by atoms with van der Waals surface area (Å²) in [5, 5.41) is 12.5. The molecule has 0 radical (unpaired) electrons. The van der Waals surface area contributed by atoms with Gasteiger partial charge in [0.15, 0.2) is 0 Å². The van der Waals surface area contributed by atoms with Crippen molar-refractivity contribution in [2.45, 2.75) is 19.3 Å². The Balaban J connectivity index is 2.59. The Morgan fingerprint density at radius 2 is 2.16 bits per heavy atom. The van der Waals surface area contributed by atoms with Crippen molar-refractivity contribution < 1.29 is 14.6 Å². The van der Waals surface area contributed by atoms with Crippen LogP contribution in [0.1, 0.15) is 29.6 Å². The summed E-state index contributed by atoms with van der Waals surface area (Å²) in [6.07, 6.45) is 2.92. The second-order valence-corrected chi connectivity index (χ2v) is 4.62. The Kier molecular flexibility index (Phi) is 6.45. The lowest BCUT2D eigenvalue weighted by molar-refractivity contribution is 0.0698. The number of halogens is 1. The van der Waals surface area contributed by atoms with Crippen molar-refractivity contribution >= 4 is 28.9 Å². The van der Waals surface area contributed by atoms with Gasteiger partial charge in [0.2, 0.25) is 0 Å². The van der Waals surface area contributed by atoms with Gasteiger partial charge in [0, 0.05) is 25.9 Å². The standard InChI is InChI=1S/C13H19ClN2O3/c1-19-6-4-2-3-5-16-12-10(13(17)18)7-9(15)8-11(12)14/h7-8,16H,2-6,15H2,1H3,(H,17,18). The summed E-state index contributed by atoms with van der Waals surface area (Å²) < 4.78 is 4.96.